The van der Waals surface area contributed by atoms with E-state index in [0.29, 0.717) is 22.8 Å². The second-order valence-corrected chi connectivity index (χ2v) is 6.46. The molecule has 0 unspecified atom stereocenters. The van der Waals surface area contributed by atoms with Gasteiger partial charge in [0.2, 0.25) is 0 Å². The summed E-state index contributed by atoms with van der Waals surface area (Å²) < 4.78 is 26.4. The van der Waals surface area contributed by atoms with Crippen LogP contribution in [0, 0.1) is 0 Å². The number of sulfonamides is 1. The Bertz CT molecular complexity index is 634. The average molecular weight is 284 g/mol. The lowest BCUT2D eigenvalue weighted by Crippen LogP contribution is -2.12. The number of benzene rings is 1. The third-order valence-corrected chi connectivity index (χ3v) is 4.96. The molecule has 0 atom stereocenters. The quantitative estimate of drug-likeness (QED) is 0.829. The molecule has 1 heterocycles. The first kappa shape index (κ1) is 12.8. The van der Waals surface area contributed by atoms with Crippen LogP contribution < -0.4 is 10.5 Å². The van der Waals surface area contributed by atoms with Gasteiger partial charge in [-0.1, -0.05) is 18.3 Å². The zero-order valence-corrected chi connectivity index (χ0v) is 11.3. The molecule has 0 spiro atoms. The van der Waals surface area contributed by atoms with Gasteiger partial charge in [0, 0.05) is 11.4 Å². The van der Waals surface area contributed by atoms with Crippen LogP contribution in [0.3, 0.4) is 0 Å². The van der Waals surface area contributed by atoms with E-state index in [2.05, 4.69) is 14.9 Å². The maximum atomic E-state index is 12.0. The number of hydrogen-bond donors (Lipinski definition) is 2. The molecule has 0 radical (unpaired) electrons. The standard InChI is InChI=1S/C10H12N4O2S2/c1-2-9-12-13-10(17-9)18(15,16)14-8-5-3-7(11)4-6-8/h3-6,14H,2,11H2,1H3. The highest BCUT2D eigenvalue weighted by Gasteiger charge is 2.19. The summed E-state index contributed by atoms with van der Waals surface area (Å²) >= 11 is 1.06. The summed E-state index contributed by atoms with van der Waals surface area (Å²) in [7, 11) is -3.66. The predicted octanol–water partition coefficient (Wildman–Crippen LogP) is 1.48. The van der Waals surface area contributed by atoms with Gasteiger partial charge in [0.15, 0.2) is 0 Å². The summed E-state index contributed by atoms with van der Waals surface area (Å²) in [6, 6.07) is 6.42. The van der Waals surface area contributed by atoms with Gasteiger partial charge in [0.25, 0.3) is 14.4 Å². The van der Waals surface area contributed by atoms with Crippen LogP contribution >= 0.6 is 11.3 Å². The van der Waals surface area contributed by atoms with Gasteiger partial charge in [-0.25, -0.2) is 0 Å². The molecule has 18 heavy (non-hydrogen) atoms. The Labute approximate surface area is 109 Å². The first-order chi connectivity index (χ1) is 8.51. The molecule has 1 aromatic heterocycles. The van der Waals surface area contributed by atoms with Gasteiger partial charge in [-0.05, 0) is 30.7 Å². The lowest BCUT2D eigenvalue weighted by molar-refractivity contribution is 0.599. The Balaban J connectivity index is 2.24. The van der Waals surface area contributed by atoms with E-state index in [9.17, 15) is 8.42 Å². The van der Waals surface area contributed by atoms with Crippen molar-refractivity contribution in [1.82, 2.24) is 10.2 Å². The molecule has 0 aliphatic rings. The summed E-state index contributed by atoms with van der Waals surface area (Å²) in [5, 5.41) is 8.14. The summed E-state index contributed by atoms with van der Waals surface area (Å²) in [6.07, 6.45) is 0.662. The van der Waals surface area contributed by atoms with Crippen molar-refractivity contribution in [2.45, 2.75) is 17.7 Å². The van der Waals surface area contributed by atoms with Crippen LogP contribution in [0.25, 0.3) is 0 Å². The Kier molecular flexibility index (Phi) is 3.48. The minimum absolute atomic E-state index is 0.0313. The number of nitrogens with zero attached hydrogens (tertiary/aromatic N) is 2. The average Bonchev–Trinajstić information content (AvgIpc) is 2.81. The van der Waals surface area contributed by atoms with Gasteiger partial charge in [0.05, 0.1) is 0 Å². The van der Waals surface area contributed by atoms with E-state index >= 15 is 0 Å². The molecular formula is C10H12N4O2S2. The number of rotatable bonds is 4. The fourth-order valence-electron chi connectivity index (χ4n) is 1.24. The van der Waals surface area contributed by atoms with Gasteiger partial charge in [0.1, 0.15) is 5.01 Å². The van der Waals surface area contributed by atoms with Gasteiger partial charge >= 0.3 is 0 Å². The molecule has 2 aromatic rings. The molecule has 0 amide bonds. The van der Waals surface area contributed by atoms with Crippen molar-refractivity contribution in [1.29, 1.82) is 0 Å². The van der Waals surface area contributed by atoms with Crippen LogP contribution in [-0.2, 0) is 16.4 Å². The smallest absolute Gasteiger partial charge is 0.291 e. The van der Waals surface area contributed by atoms with Crippen molar-refractivity contribution in [3.8, 4) is 0 Å². The molecule has 6 nitrogen and oxygen atoms in total. The molecule has 0 saturated carbocycles. The normalized spacial score (nSPS) is 11.4. The molecule has 8 heteroatoms. The highest BCUT2D eigenvalue weighted by molar-refractivity contribution is 7.94. The van der Waals surface area contributed by atoms with Crippen molar-refractivity contribution >= 4 is 32.7 Å². The Morgan fingerprint density at radius 3 is 2.50 bits per heavy atom. The van der Waals surface area contributed by atoms with Crippen LogP contribution in [0.2, 0.25) is 0 Å². The predicted molar refractivity (Wildman–Crippen MR) is 70.9 cm³/mol. The van der Waals surface area contributed by atoms with E-state index in [4.69, 9.17) is 5.73 Å². The first-order valence-corrected chi connectivity index (χ1v) is 7.52. The Morgan fingerprint density at radius 2 is 1.94 bits per heavy atom. The monoisotopic (exact) mass is 284 g/mol. The van der Waals surface area contributed by atoms with E-state index in [0.717, 1.165) is 11.3 Å². The summed E-state index contributed by atoms with van der Waals surface area (Å²) in [6.45, 7) is 1.89. The van der Waals surface area contributed by atoms with Crippen molar-refractivity contribution in [2.75, 3.05) is 10.5 Å². The lowest BCUT2D eigenvalue weighted by Gasteiger charge is -2.04. The molecule has 96 valence electrons. The van der Waals surface area contributed by atoms with Gasteiger partial charge in [-0.2, -0.15) is 8.42 Å². The SMILES string of the molecule is CCc1nnc(S(=O)(=O)Nc2ccc(N)cc2)s1. The number of aromatic nitrogens is 2. The largest absolute Gasteiger partial charge is 0.399 e. The number of aryl methyl sites for hydroxylation is 1. The first-order valence-electron chi connectivity index (χ1n) is 5.22. The van der Waals surface area contributed by atoms with Crippen molar-refractivity contribution in [2.24, 2.45) is 0 Å². The van der Waals surface area contributed by atoms with E-state index in [1.165, 1.54) is 0 Å². The van der Waals surface area contributed by atoms with E-state index < -0.39 is 10.0 Å². The maximum Gasteiger partial charge on any atom is 0.291 e. The van der Waals surface area contributed by atoms with Crippen LogP contribution in [0.5, 0.6) is 0 Å². The number of nitrogen functional groups attached to an aromatic ring is 1. The topological polar surface area (TPSA) is 98.0 Å². The molecule has 2 rings (SSSR count). The van der Waals surface area contributed by atoms with Gasteiger partial charge < -0.3 is 5.73 Å². The summed E-state index contributed by atoms with van der Waals surface area (Å²) in [4.78, 5) is 0. The summed E-state index contributed by atoms with van der Waals surface area (Å²) in [5.41, 5.74) is 6.54. The van der Waals surface area contributed by atoms with Crippen molar-refractivity contribution in [3.05, 3.63) is 29.3 Å². The van der Waals surface area contributed by atoms with Crippen LogP contribution in [-0.4, -0.2) is 18.6 Å². The summed E-state index contributed by atoms with van der Waals surface area (Å²) in [5.74, 6) is 0. The van der Waals surface area contributed by atoms with E-state index in [1.54, 1.807) is 24.3 Å². The molecule has 3 N–H and O–H groups in total. The second-order valence-electron chi connectivity index (χ2n) is 3.54. The van der Waals surface area contributed by atoms with Crippen LogP contribution in [0.4, 0.5) is 11.4 Å². The zero-order valence-electron chi connectivity index (χ0n) is 9.62. The Morgan fingerprint density at radius 1 is 1.28 bits per heavy atom. The molecule has 0 saturated heterocycles. The van der Waals surface area contributed by atoms with Gasteiger partial charge in [-0.15, -0.1) is 10.2 Å². The molecule has 0 fully saturated rings. The van der Waals surface area contributed by atoms with Crippen molar-refractivity contribution in [3.63, 3.8) is 0 Å². The van der Waals surface area contributed by atoms with E-state index in [1.807, 2.05) is 6.92 Å². The lowest BCUT2D eigenvalue weighted by atomic mass is 10.3. The van der Waals surface area contributed by atoms with Crippen molar-refractivity contribution < 1.29 is 8.42 Å². The Hall–Kier alpha value is -1.67. The zero-order chi connectivity index (χ0) is 13.2. The third kappa shape index (κ3) is 2.77. The molecule has 0 aliphatic heterocycles. The minimum atomic E-state index is -3.66. The highest BCUT2D eigenvalue weighted by Crippen LogP contribution is 2.20. The highest BCUT2D eigenvalue weighted by atomic mass is 32.2. The maximum absolute atomic E-state index is 12.0. The van der Waals surface area contributed by atoms with E-state index in [-0.39, 0.29) is 4.34 Å². The fourth-order valence-corrected chi connectivity index (χ4v) is 3.28. The van der Waals surface area contributed by atoms with Gasteiger partial charge in [-0.3, -0.25) is 4.72 Å². The van der Waals surface area contributed by atoms with Crippen LogP contribution in [0.15, 0.2) is 28.6 Å². The fraction of sp³-hybridized carbons (Fsp3) is 0.200. The second kappa shape index (κ2) is 4.91. The minimum Gasteiger partial charge on any atom is -0.399 e. The third-order valence-electron chi connectivity index (χ3n) is 2.14. The number of anilines is 2. The molecule has 0 bridgehead atoms. The number of nitrogens with one attached hydrogen (secondary N) is 1. The molecular weight excluding hydrogens is 272 g/mol. The molecule has 1 aromatic carbocycles. The number of nitrogens with two attached hydrogens (primary N) is 1. The number of hydrogen-bond acceptors (Lipinski definition) is 6. The van der Waals surface area contributed by atoms with Crippen LogP contribution in [0.1, 0.15) is 11.9 Å². The molecule has 0 aliphatic carbocycles.